The summed E-state index contributed by atoms with van der Waals surface area (Å²) in [7, 11) is -4.06. The third-order valence-corrected chi connectivity index (χ3v) is 4.54. The Balaban J connectivity index is 2.43. The van der Waals surface area contributed by atoms with Gasteiger partial charge in [-0.25, -0.2) is 18.4 Å². The molecule has 8 nitrogen and oxygen atoms in total. The molecule has 0 aliphatic heterocycles. The SMILES string of the molecule is Cc1nccn1-c1ncccc1NS(=O)(=O)C(C)C(=O)O. The highest BCUT2D eigenvalue weighted by molar-refractivity contribution is 7.94. The Morgan fingerprint density at radius 1 is 1.38 bits per heavy atom. The van der Waals surface area contributed by atoms with Crippen molar-refractivity contribution in [3.63, 3.8) is 0 Å². The summed E-state index contributed by atoms with van der Waals surface area (Å²) < 4.78 is 27.9. The van der Waals surface area contributed by atoms with Gasteiger partial charge in [-0.15, -0.1) is 0 Å². The van der Waals surface area contributed by atoms with Gasteiger partial charge in [0.05, 0.1) is 5.69 Å². The first-order valence-electron chi connectivity index (χ1n) is 6.02. The molecule has 1 unspecified atom stereocenters. The van der Waals surface area contributed by atoms with Crippen LogP contribution in [0.5, 0.6) is 0 Å². The van der Waals surface area contributed by atoms with Crippen molar-refractivity contribution in [1.82, 2.24) is 14.5 Å². The number of aryl methyl sites for hydroxylation is 1. The first-order chi connectivity index (χ1) is 9.83. The minimum Gasteiger partial charge on any atom is -0.480 e. The zero-order chi connectivity index (χ0) is 15.6. The molecule has 2 rings (SSSR count). The molecule has 0 amide bonds. The van der Waals surface area contributed by atoms with Gasteiger partial charge in [0, 0.05) is 18.6 Å². The van der Waals surface area contributed by atoms with Gasteiger partial charge in [0.2, 0.25) is 10.0 Å². The van der Waals surface area contributed by atoms with E-state index in [-0.39, 0.29) is 5.69 Å². The molecular weight excluding hydrogens is 296 g/mol. The molecule has 112 valence electrons. The normalized spacial score (nSPS) is 12.9. The molecule has 2 aromatic rings. The molecule has 0 bridgehead atoms. The van der Waals surface area contributed by atoms with E-state index in [1.807, 2.05) is 0 Å². The highest BCUT2D eigenvalue weighted by Crippen LogP contribution is 2.20. The Hall–Kier alpha value is -2.42. The van der Waals surface area contributed by atoms with Crippen LogP contribution in [-0.2, 0) is 14.8 Å². The van der Waals surface area contributed by atoms with Crippen LogP contribution >= 0.6 is 0 Å². The third-order valence-electron chi connectivity index (χ3n) is 2.91. The van der Waals surface area contributed by atoms with Crippen LogP contribution in [0.2, 0.25) is 0 Å². The summed E-state index contributed by atoms with van der Waals surface area (Å²) in [6.07, 6.45) is 4.70. The van der Waals surface area contributed by atoms with Crippen molar-refractivity contribution in [2.45, 2.75) is 19.1 Å². The van der Waals surface area contributed by atoms with E-state index >= 15 is 0 Å². The number of carbonyl (C=O) groups is 1. The van der Waals surface area contributed by atoms with Crippen LogP contribution in [-0.4, -0.2) is 39.3 Å². The lowest BCUT2D eigenvalue weighted by Gasteiger charge is -2.14. The second-order valence-corrected chi connectivity index (χ2v) is 6.35. The number of sulfonamides is 1. The molecular formula is C12H14N4O4S. The number of carboxylic acid groups (broad SMARTS) is 1. The van der Waals surface area contributed by atoms with Crippen LogP contribution < -0.4 is 4.72 Å². The quantitative estimate of drug-likeness (QED) is 0.844. The summed E-state index contributed by atoms with van der Waals surface area (Å²) in [5, 5.41) is 7.27. The summed E-state index contributed by atoms with van der Waals surface area (Å²) in [6.45, 7) is 2.84. The highest BCUT2D eigenvalue weighted by atomic mass is 32.2. The Morgan fingerprint density at radius 2 is 2.10 bits per heavy atom. The topological polar surface area (TPSA) is 114 Å². The summed E-state index contributed by atoms with van der Waals surface area (Å²) in [5.74, 6) is -0.471. The number of aromatic nitrogens is 3. The number of anilines is 1. The maximum absolute atomic E-state index is 12.0. The zero-order valence-electron chi connectivity index (χ0n) is 11.4. The van der Waals surface area contributed by atoms with Gasteiger partial charge in [0.1, 0.15) is 5.82 Å². The predicted molar refractivity (Wildman–Crippen MR) is 75.7 cm³/mol. The van der Waals surface area contributed by atoms with E-state index in [1.54, 1.807) is 30.0 Å². The van der Waals surface area contributed by atoms with E-state index in [1.165, 1.54) is 12.3 Å². The Kier molecular flexibility index (Phi) is 3.94. The maximum Gasteiger partial charge on any atom is 0.323 e. The van der Waals surface area contributed by atoms with Gasteiger partial charge >= 0.3 is 5.97 Å². The average molecular weight is 310 g/mol. The van der Waals surface area contributed by atoms with Gasteiger partial charge in [-0.2, -0.15) is 0 Å². The van der Waals surface area contributed by atoms with Crippen LogP contribution in [0.15, 0.2) is 30.7 Å². The van der Waals surface area contributed by atoms with E-state index in [0.29, 0.717) is 11.6 Å². The molecule has 1 atom stereocenters. The molecule has 0 saturated carbocycles. The molecule has 0 saturated heterocycles. The number of hydrogen-bond acceptors (Lipinski definition) is 5. The van der Waals surface area contributed by atoms with Crippen molar-refractivity contribution < 1.29 is 18.3 Å². The first kappa shape index (κ1) is 15.0. The van der Waals surface area contributed by atoms with Gasteiger partial charge in [-0.1, -0.05) is 0 Å². The number of hydrogen-bond donors (Lipinski definition) is 2. The molecule has 2 heterocycles. The van der Waals surface area contributed by atoms with Gasteiger partial charge in [-0.3, -0.25) is 14.1 Å². The summed E-state index contributed by atoms with van der Waals surface area (Å²) in [6, 6.07) is 3.06. The number of rotatable bonds is 5. The Labute approximate surface area is 121 Å². The van der Waals surface area contributed by atoms with Crippen LogP contribution in [0, 0.1) is 6.92 Å². The largest absolute Gasteiger partial charge is 0.480 e. The number of aliphatic carboxylic acids is 1. The standard InChI is InChI=1S/C12H14N4O4S/c1-8(12(17)18)21(19,20)15-10-4-3-5-14-11(10)16-7-6-13-9(16)2/h3-8,15H,1-2H3,(H,17,18). The molecule has 0 fully saturated rings. The minimum atomic E-state index is -4.06. The number of imidazole rings is 1. The van der Waals surface area contributed by atoms with Crippen LogP contribution in [0.1, 0.15) is 12.7 Å². The van der Waals surface area contributed by atoms with Crippen molar-refractivity contribution in [2.75, 3.05) is 4.72 Å². The second kappa shape index (κ2) is 5.52. The smallest absolute Gasteiger partial charge is 0.323 e. The summed E-state index contributed by atoms with van der Waals surface area (Å²) in [4.78, 5) is 19.0. The zero-order valence-corrected chi connectivity index (χ0v) is 12.2. The minimum absolute atomic E-state index is 0.187. The average Bonchev–Trinajstić information content (AvgIpc) is 2.84. The summed E-state index contributed by atoms with van der Waals surface area (Å²) in [5.41, 5.74) is 0.187. The summed E-state index contributed by atoms with van der Waals surface area (Å²) >= 11 is 0. The Bertz CT molecular complexity index is 769. The number of carboxylic acids is 1. The van der Waals surface area contributed by atoms with Gasteiger partial charge in [-0.05, 0) is 26.0 Å². The molecule has 0 aliphatic carbocycles. The van der Waals surface area contributed by atoms with Crippen molar-refractivity contribution in [3.05, 3.63) is 36.5 Å². The van der Waals surface area contributed by atoms with Crippen molar-refractivity contribution in [1.29, 1.82) is 0 Å². The molecule has 21 heavy (non-hydrogen) atoms. The number of pyridine rings is 1. The lowest BCUT2D eigenvalue weighted by atomic mass is 10.4. The predicted octanol–water partition coefficient (Wildman–Crippen LogP) is 0.791. The second-order valence-electron chi connectivity index (χ2n) is 4.35. The molecule has 9 heteroatoms. The van der Waals surface area contributed by atoms with Crippen LogP contribution in [0.3, 0.4) is 0 Å². The fourth-order valence-electron chi connectivity index (χ4n) is 1.64. The number of nitrogens with one attached hydrogen (secondary N) is 1. The van der Waals surface area contributed by atoms with Crippen molar-refractivity contribution in [2.24, 2.45) is 0 Å². The van der Waals surface area contributed by atoms with E-state index < -0.39 is 21.2 Å². The Morgan fingerprint density at radius 3 is 2.67 bits per heavy atom. The molecule has 0 aliphatic rings. The number of nitrogens with zero attached hydrogens (tertiary/aromatic N) is 3. The monoisotopic (exact) mass is 310 g/mol. The van der Waals surface area contributed by atoms with Crippen molar-refractivity contribution >= 4 is 21.7 Å². The lowest BCUT2D eigenvalue weighted by Crippen LogP contribution is -2.32. The molecule has 2 aromatic heterocycles. The maximum atomic E-state index is 12.0. The third kappa shape index (κ3) is 3.02. The molecule has 0 radical (unpaired) electrons. The van der Waals surface area contributed by atoms with Crippen LogP contribution in [0.25, 0.3) is 5.82 Å². The van der Waals surface area contributed by atoms with E-state index in [2.05, 4.69) is 14.7 Å². The van der Waals surface area contributed by atoms with Gasteiger partial charge in [0.25, 0.3) is 0 Å². The van der Waals surface area contributed by atoms with E-state index in [4.69, 9.17) is 5.11 Å². The fraction of sp³-hybridized carbons (Fsp3) is 0.250. The molecule has 2 N–H and O–H groups in total. The van der Waals surface area contributed by atoms with Crippen LogP contribution in [0.4, 0.5) is 5.69 Å². The molecule has 0 spiro atoms. The molecule has 0 aromatic carbocycles. The first-order valence-corrected chi connectivity index (χ1v) is 7.57. The van der Waals surface area contributed by atoms with Gasteiger partial charge in [0.15, 0.2) is 11.1 Å². The van der Waals surface area contributed by atoms with E-state index in [9.17, 15) is 13.2 Å². The van der Waals surface area contributed by atoms with Gasteiger partial charge < -0.3 is 5.11 Å². The van der Waals surface area contributed by atoms with E-state index in [0.717, 1.165) is 6.92 Å². The van der Waals surface area contributed by atoms with Crippen molar-refractivity contribution in [3.8, 4) is 5.82 Å². The lowest BCUT2D eigenvalue weighted by molar-refractivity contribution is -0.136. The highest BCUT2D eigenvalue weighted by Gasteiger charge is 2.28. The fourth-order valence-corrected chi connectivity index (χ4v) is 2.55.